The third-order valence-corrected chi connectivity index (χ3v) is 5.41. The first-order chi connectivity index (χ1) is 12.6. The van der Waals surface area contributed by atoms with E-state index in [2.05, 4.69) is 0 Å². The van der Waals surface area contributed by atoms with Gasteiger partial charge >= 0.3 is 5.97 Å². The van der Waals surface area contributed by atoms with Crippen LogP contribution in [0.25, 0.3) is 5.57 Å². The molecule has 3 rings (SSSR count). The van der Waals surface area contributed by atoms with Crippen molar-refractivity contribution in [1.82, 2.24) is 0 Å². The Bertz CT molecular complexity index is 790. The predicted molar refractivity (Wildman–Crippen MR) is 102 cm³/mol. The quantitative estimate of drug-likeness (QED) is 0.556. The monoisotopic (exact) mass is 370 g/mol. The molecule has 2 aromatic rings. The molecule has 5 heteroatoms. The zero-order chi connectivity index (χ0) is 18.5. The maximum absolute atomic E-state index is 12.8. The van der Waals surface area contributed by atoms with Gasteiger partial charge in [-0.1, -0.05) is 18.2 Å². The van der Waals surface area contributed by atoms with Crippen molar-refractivity contribution in [2.75, 3.05) is 13.2 Å². The lowest BCUT2D eigenvalue weighted by Gasteiger charge is -2.29. The molecule has 2 atom stereocenters. The van der Waals surface area contributed by atoms with E-state index in [9.17, 15) is 9.59 Å². The number of benzene rings is 1. The van der Waals surface area contributed by atoms with Crippen LogP contribution in [0.1, 0.15) is 36.6 Å². The van der Waals surface area contributed by atoms with Crippen molar-refractivity contribution in [3.8, 4) is 5.75 Å². The molecule has 4 nitrogen and oxygen atoms in total. The fourth-order valence-corrected chi connectivity index (χ4v) is 4.06. The Kier molecular flexibility index (Phi) is 5.89. The zero-order valence-corrected chi connectivity index (χ0v) is 15.8. The van der Waals surface area contributed by atoms with E-state index < -0.39 is 11.9 Å². The van der Waals surface area contributed by atoms with Gasteiger partial charge in [0.2, 0.25) is 0 Å². The van der Waals surface area contributed by atoms with Gasteiger partial charge in [0.05, 0.1) is 13.2 Å². The summed E-state index contributed by atoms with van der Waals surface area (Å²) >= 11 is 1.60. The molecule has 136 valence electrons. The highest BCUT2D eigenvalue weighted by Gasteiger charge is 2.39. The van der Waals surface area contributed by atoms with Crippen LogP contribution < -0.4 is 4.74 Å². The zero-order valence-electron chi connectivity index (χ0n) is 14.9. The molecule has 0 bridgehead atoms. The molecule has 0 aliphatic heterocycles. The highest BCUT2D eigenvalue weighted by molar-refractivity contribution is 7.11. The van der Waals surface area contributed by atoms with Gasteiger partial charge in [-0.2, -0.15) is 0 Å². The summed E-state index contributed by atoms with van der Waals surface area (Å²) in [5, 5.41) is 1.99. The number of carbonyl (C=O) groups excluding carboxylic acids is 2. The van der Waals surface area contributed by atoms with Crippen LogP contribution in [0.4, 0.5) is 0 Å². The summed E-state index contributed by atoms with van der Waals surface area (Å²) in [6.07, 6.45) is 2.24. The van der Waals surface area contributed by atoms with Gasteiger partial charge in [0.1, 0.15) is 11.7 Å². The van der Waals surface area contributed by atoms with Gasteiger partial charge in [-0.15, -0.1) is 11.3 Å². The minimum Gasteiger partial charge on any atom is -0.494 e. The number of hydrogen-bond acceptors (Lipinski definition) is 5. The first-order valence-electron chi connectivity index (χ1n) is 8.81. The number of carbonyl (C=O) groups is 2. The molecule has 1 aliphatic rings. The molecule has 0 saturated heterocycles. The first-order valence-corrected chi connectivity index (χ1v) is 9.69. The highest BCUT2D eigenvalue weighted by atomic mass is 32.1. The molecule has 0 amide bonds. The molecule has 1 heterocycles. The topological polar surface area (TPSA) is 52.6 Å². The fourth-order valence-electron chi connectivity index (χ4n) is 3.31. The van der Waals surface area contributed by atoms with Crippen LogP contribution in [0.5, 0.6) is 5.75 Å². The number of esters is 1. The van der Waals surface area contributed by atoms with E-state index in [0.29, 0.717) is 13.0 Å². The molecular formula is C21H22O4S. The normalized spacial score (nSPS) is 19.8. The number of ether oxygens (including phenoxy) is 2. The second kappa shape index (κ2) is 8.32. The molecule has 2 unspecified atom stereocenters. The third kappa shape index (κ3) is 3.88. The lowest BCUT2D eigenvalue weighted by molar-refractivity contribution is -0.151. The Balaban J connectivity index is 1.95. The van der Waals surface area contributed by atoms with Crippen LogP contribution in [0, 0.1) is 5.92 Å². The Hall–Kier alpha value is -2.40. The van der Waals surface area contributed by atoms with Crippen LogP contribution in [0.15, 0.2) is 47.9 Å². The number of ketones is 1. The molecule has 0 saturated carbocycles. The average molecular weight is 370 g/mol. The number of hydrogen-bond donors (Lipinski definition) is 0. The third-order valence-electron chi connectivity index (χ3n) is 4.46. The van der Waals surface area contributed by atoms with Gasteiger partial charge in [0.25, 0.3) is 0 Å². The van der Waals surface area contributed by atoms with Crippen LogP contribution in [-0.2, 0) is 14.3 Å². The molecule has 1 aromatic carbocycles. The van der Waals surface area contributed by atoms with Crippen molar-refractivity contribution in [2.24, 2.45) is 5.92 Å². The predicted octanol–water partition coefficient (Wildman–Crippen LogP) is 4.47. The average Bonchev–Trinajstić information content (AvgIpc) is 3.17. The van der Waals surface area contributed by atoms with Crippen molar-refractivity contribution in [3.05, 3.63) is 58.3 Å². The Morgan fingerprint density at radius 3 is 2.54 bits per heavy atom. The number of thiophene rings is 1. The van der Waals surface area contributed by atoms with E-state index in [4.69, 9.17) is 9.47 Å². The molecule has 0 spiro atoms. The summed E-state index contributed by atoms with van der Waals surface area (Å²) in [4.78, 5) is 26.3. The van der Waals surface area contributed by atoms with Crippen LogP contribution in [0.3, 0.4) is 0 Å². The lowest BCUT2D eigenvalue weighted by atomic mass is 9.74. The molecule has 0 radical (unpaired) electrons. The summed E-state index contributed by atoms with van der Waals surface area (Å²) in [5.41, 5.74) is 1.92. The second-order valence-corrected chi connectivity index (χ2v) is 7.04. The van der Waals surface area contributed by atoms with Crippen molar-refractivity contribution < 1.29 is 19.1 Å². The summed E-state index contributed by atoms with van der Waals surface area (Å²) in [6, 6.07) is 11.6. The van der Waals surface area contributed by atoms with E-state index >= 15 is 0 Å². The van der Waals surface area contributed by atoms with Gasteiger partial charge in [-0.3, -0.25) is 9.59 Å². The molecule has 26 heavy (non-hydrogen) atoms. The van der Waals surface area contributed by atoms with Crippen LogP contribution in [-0.4, -0.2) is 25.0 Å². The largest absolute Gasteiger partial charge is 0.494 e. The van der Waals surface area contributed by atoms with Gasteiger partial charge < -0.3 is 9.47 Å². The number of allylic oxidation sites excluding steroid dienone is 2. The van der Waals surface area contributed by atoms with E-state index in [-0.39, 0.29) is 18.3 Å². The van der Waals surface area contributed by atoms with Crippen molar-refractivity contribution in [3.63, 3.8) is 0 Å². The van der Waals surface area contributed by atoms with Crippen molar-refractivity contribution >= 4 is 28.7 Å². The minimum atomic E-state index is -0.795. The highest BCUT2D eigenvalue weighted by Crippen LogP contribution is 2.41. The lowest BCUT2D eigenvalue weighted by Crippen LogP contribution is -2.33. The van der Waals surface area contributed by atoms with E-state index in [1.165, 1.54) is 0 Å². The standard InChI is InChI=1S/C21H22O4S/c1-3-24-16-9-7-14(8-10-16)17-12-15(19-6-5-11-26-19)13-18(22)20(17)21(23)25-4-2/h5-11,13,17,20H,3-4,12H2,1-2H3. The van der Waals surface area contributed by atoms with Crippen molar-refractivity contribution in [1.29, 1.82) is 0 Å². The maximum Gasteiger partial charge on any atom is 0.317 e. The van der Waals surface area contributed by atoms with E-state index in [1.807, 2.05) is 48.7 Å². The summed E-state index contributed by atoms with van der Waals surface area (Å²) in [7, 11) is 0. The van der Waals surface area contributed by atoms with Gasteiger partial charge in [-0.05, 0) is 61.1 Å². The van der Waals surface area contributed by atoms with Crippen molar-refractivity contribution in [2.45, 2.75) is 26.2 Å². The van der Waals surface area contributed by atoms with Gasteiger partial charge in [0, 0.05) is 10.8 Å². The Morgan fingerprint density at radius 2 is 1.92 bits per heavy atom. The molecule has 0 N–H and O–H groups in total. The van der Waals surface area contributed by atoms with Crippen LogP contribution >= 0.6 is 11.3 Å². The minimum absolute atomic E-state index is 0.183. The fraction of sp³-hybridized carbons (Fsp3) is 0.333. The Labute approximate surface area is 157 Å². The first kappa shape index (κ1) is 18.4. The molecule has 1 aliphatic carbocycles. The van der Waals surface area contributed by atoms with E-state index in [1.54, 1.807) is 24.3 Å². The SMILES string of the molecule is CCOC(=O)C1C(=O)C=C(c2cccs2)CC1c1ccc(OCC)cc1. The molecular weight excluding hydrogens is 348 g/mol. The second-order valence-electron chi connectivity index (χ2n) is 6.09. The summed E-state index contributed by atoms with van der Waals surface area (Å²) in [5.74, 6) is -0.883. The molecule has 0 fully saturated rings. The van der Waals surface area contributed by atoms with Crippen LogP contribution in [0.2, 0.25) is 0 Å². The number of rotatable bonds is 6. The van der Waals surface area contributed by atoms with E-state index in [0.717, 1.165) is 21.8 Å². The maximum atomic E-state index is 12.8. The summed E-state index contributed by atoms with van der Waals surface area (Å²) in [6.45, 7) is 4.55. The smallest absolute Gasteiger partial charge is 0.317 e. The summed E-state index contributed by atoms with van der Waals surface area (Å²) < 4.78 is 10.7. The Morgan fingerprint density at radius 1 is 1.15 bits per heavy atom. The van der Waals surface area contributed by atoms with Gasteiger partial charge in [0.15, 0.2) is 5.78 Å². The molecule has 1 aromatic heterocycles. The van der Waals surface area contributed by atoms with Gasteiger partial charge in [-0.25, -0.2) is 0 Å².